The first kappa shape index (κ1) is 23.2. The molecule has 0 fully saturated rings. The molecule has 0 saturated carbocycles. The van der Waals surface area contributed by atoms with Crippen molar-refractivity contribution in [2.24, 2.45) is 5.92 Å². The molecule has 0 aliphatic heterocycles. The van der Waals surface area contributed by atoms with Crippen molar-refractivity contribution in [2.45, 2.75) is 18.3 Å². The number of fused-ring (bicyclic) bond motifs is 1. The monoisotopic (exact) mass is 444 g/mol. The summed E-state index contributed by atoms with van der Waals surface area (Å²) in [5, 5.41) is 0. The molecule has 172 valence electrons. The third kappa shape index (κ3) is 4.04. The molecule has 2 aromatic rings. The lowest BCUT2D eigenvalue weighted by molar-refractivity contribution is -0.147. The Bertz CT molecular complexity index is 1000. The van der Waals surface area contributed by atoms with Crippen LogP contribution in [0, 0.1) is 5.92 Å². The van der Waals surface area contributed by atoms with Crippen molar-refractivity contribution in [2.75, 3.05) is 42.7 Å². The van der Waals surface area contributed by atoms with E-state index in [-0.39, 0.29) is 6.42 Å². The minimum atomic E-state index is -0.663. The number of carbonyl (C=O) groups is 2. The summed E-state index contributed by atoms with van der Waals surface area (Å²) in [4.78, 5) is 25.3. The van der Waals surface area contributed by atoms with Gasteiger partial charge in [0.25, 0.3) is 0 Å². The Labute approximate surface area is 187 Å². The maximum absolute atomic E-state index is 13.0. The summed E-state index contributed by atoms with van der Waals surface area (Å²) in [5.74, 6) is -0.240. The lowest BCUT2D eigenvalue weighted by Crippen LogP contribution is -2.26. The summed E-state index contributed by atoms with van der Waals surface area (Å²) in [5.41, 5.74) is 2.47. The van der Waals surface area contributed by atoms with Gasteiger partial charge in [-0.05, 0) is 41.0 Å². The molecule has 8 nitrogen and oxygen atoms in total. The van der Waals surface area contributed by atoms with Gasteiger partial charge in [0.15, 0.2) is 23.0 Å². The van der Waals surface area contributed by atoms with Gasteiger partial charge in [-0.25, -0.2) is 0 Å². The Hall–Kier alpha value is -3.42. The fourth-order valence-corrected chi connectivity index (χ4v) is 4.49. The summed E-state index contributed by atoms with van der Waals surface area (Å²) in [6, 6.07) is 9.17. The van der Waals surface area contributed by atoms with Crippen molar-refractivity contribution in [3.05, 3.63) is 47.0 Å². The van der Waals surface area contributed by atoms with Crippen LogP contribution < -0.4 is 18.9 Å². The van der Waals surface area contributed by atoms with Gasteiger partial charge in [-0.3, -0.25) is 9.59 Å². The Morgan fingerprint density at radius 1 is 0.719 bits per heavy atom. The van der Waals surface area contributed by atoms with E-state index < -0.39 is 29.7 Å². The average Bonchev–Trinajstić information content (AvgIpc) is 3.14. The highest BCUT2D eigenvalue weighted by Crippen LogP contribution is 2.55. The fraction of sp³-hybridized carbons (Fsp3) is 0.417. The number of ether oxygens (including phenoxy) is 6. The second kappa shape index (κ2) is 9.80. The molecule has 1 aliphatic carbocycles. The first-order chi connectivity index (χ1) is 15.4. The average molecular weight is 444 g/mol. The predicted octanol–water partition coefficient (Wildman–Crippen LogP) is 3.30. The summed E-state index contributed by atoms with van der Waals surface area (Å²) in [6.45, 7) is 0. The summed E-state index contributed by atoms with van der Waals surface area (Å²) in [7, 11) is 8.87. The molecule has 0 heterocycles. The van der Waals surface area contributed by atoms with Crippen LogP contribution in [0.25, 0.3) is 0 Å². The van der Waals surface area contributed by atoms with Crippen LogP contribution in [0.5, 0.6) is 23.0 Å². The molecule has 0 amide bonds. The van der Waals surface area contributed by atoms with Gasteiger partial charge in [-0.1, -0.05) is 6.07 Å². The molecule has 0 saturated heterocycles. The van der Waals surface area contributed by atoms with Gasteiger partial charge in [-0.15, -0.1) is 0 Å². The molecule has 8 heteroatoms. The van der Waals surface area contributed by atoms with E-state index >= 15 is 0 Å². The first-order valence-corrected chi connectivity index (χ1v) is 10.1. The van der Waals surface area contributed by atoms with Crippen LogP contribution in [0.2, 0.25) is 0 Å². The van der Waals surface area contributed by atoms with Crippen LogP contribution >= 0.6 is 0 Å². The summed E-state index contributed by atoms with van der Waals surface area (Å²) >= 11 is 0. The minimum absolute atomic E-state index is 0.0164. The van der Waals surface area contributed by atoms with E-state index in [0.717, 1.165) is 16.7 Å². The highest BCUT2D eigenvalue weighted by atomic mass is 16.5. The quantitative estimate of drug-likeness (QED) is 0.573. The number of esters is 2. The second-order valence-electron chi connectivity index (χ2n) is 7.36. The SMILES string of the molecule is COC(=O)C[C@H]1c2cc(OC)c(OC)cc2[C@H](c2ccc(OC)c(OC)c2)[C@H]1C(=O)OC. The highest BCUT2D eigenvalue weighted by Gasteiger charge is 2.48. The van der Waals surface area contributed by atoms with Gasteiger partial charge in [0.05, 0.1) is 55.0 Å². The Kier molecular flexibility index (Phi) is 7.12. The Balaban J connectivity index is 2.26. The van der Waals surface area contributed by atoms with Crippen LogP contribution in [0.3, 0.4) is 0 Å². The Morgan fingerprint density at radius 3 is 1.81 bits per heavy atom. The first-order valence-electron chi connectivity index (χ1n) is 10.1. The van der Waals surface area contributed by atoms with Crippen molar-refractivity contribution in [1.29, 1.82) is 0 Å². The van der Waals surface area contributed by atoms with E-state index in [9.17, 15) is 9.59 Å². The number of hydrogen-bond acceptors (Lipinski definition) is 8. The standard InChI is InChI=1S/C24H28O8/c1-27-17-8-7-13(9-18(17)28-2)22-15-11-20(30-4)19(29-3)10-14(15)16(12-21(25)31-5)23(22)24(26)32-6/h7-11,16,22-23H,12H2,1-6H3/t16-,22-,23-/m0/s1. The van der Waals surface area contributed by atoms with Gasteiger partial charge >= 0.3 is 11.9 Å². The summed E-state index contributed by atoms with van der Waals surface area (Å²) < 4.78 is 31.9. The molecular formula is C24H28O8. The number of carbonyl (C=O) groups excluding carboxylic acids is 2. The Morgan fingerprint density at radius 2 is 1.28 bits per heavy atom. The number of rotatable bonds is 8. The molecular weight excluding hydrogens is 416 g/mol. The zero-order chi connectivity index (χ0) is 23.4. The van der Waals surface area contributed by atoms with Crippen molar-refractivity contribution in [3.63, 3.8) is 0 Å². The normalized spacial score (nSPS) is 19.0. The molecule has 0 radical (unpaired) electrons. The van der Waals surface area contributed by atoms with E-state index in [2.05, 4.69) is 0 Å². The van der Waals surface area contributed by atoms with Gasteiger partial charge in [0.2, 0.25) is 0 Å². The molecule has 0 spiro atoms. The van der Waals surface area contributed by atoms with Crippen LogP contribution in [0.1, 0.15) is 34.9 Å². The number of hydrogen-bond donors (Lipinski definition) is 0. The number of methoxy groups -OCH3 is 6. The molecule has 3 atom stereocenters. The fourth-order valence-electron chi connectivity index (χ4n) is 4.49. The summed E-state index contributed by atoms with van der Waals surface area (Å²) in [6.07, 6.45) is 0.0164. The predicted molar refractivity (Wildman–Crippen MR) is 116 cm³/mol. The van der Waals surface area contributed by atoms with Crippen LogP contribution in [-0.4, -0.2) is 54.6 Å². The van der Waals surface area contributed by atoms with E-state index in [1.165, 1.54) is 21.3 Å². The molecule has 1 aliphatic rings. The van der Waals surface area contributed by atoms with Crippen molar-refractivity contribution in [1.82, 2.24) is 0 Å². The molecule has 0 aromatic heterocycles. The van der Waals surface area contributed by atoms with E-state index in [1.807, 2.05) is 24.3 Å². The van der Waals surface area contributed by atoms with E-state index in [4.69, 9.17) is 28.4 Å². The van der Waals surface area contributed by atoms with Crippen LogP contribution in [0.4, 0.5) is 0 Å². The van der Waals surface area contributed by atoms with E-state index in [1.54, 1.807) is 27.4 Å². The van der Waals surface area contributed by atoms with E-state index in [0.29, 0.717) is 23.0 Å². The molecule has 0 N–H and O–H groups in total. The topological polar surface area (TPSA) is 89.5 Å². The number of benzene rings is 2. The molecule has 3 rings (SSSR count). The van der Waals surface area contributed by atoms with Crippen molar-refractivity contribution < 1.29 is 38.0 Å². The maximum atomic E-state index is 13.0. The minimum Gasteiger partial charge on any atom is -0.493 e. The molecule has 0 unspecified atom stereocenters. The highest BCUT2D eigenvalue weighted by molar-refractivity contribution is 5.81. The lowest BCUT2D eigenvalue weighted by atomic mass is 9.81. The van der Waals surface area contributed by atoms with Gasteiger partial charge in [-0.2, -0.15) is 0 Å². The molecule has 2 aromatic carbocycles. The van der Waals surface area contributed by atoms with Crippen LogP contribution in [0.15, 0.2) is 30.3 Å². The van der Waals surface area contributed by atoms with Crippen LogP contribution in [-0.2, 0) is 19.1 Å². The van der Waals surface area contributed by atoms with Crippen molar-refractivity contribution in [3.8, 4) is 23.0 Å². The second-order valence-corrected chi connectivity index (χ2v) is 7.36. The van der Waals surface area contributed by atoms with Gasteiger partial charge in [0, 0.05) is 11.8 Å². The lowest BCUT2D eigenvalue weighted by Gasteiger charge is -2.24. The van der Waals surface area contributed by atoms with Crippen molar-refractivity contribution >= 4 is 11.9 Å². The third-order valence-corrected chi connectivity index (χ3v) is 5.97. The third-order valence-electron chi connectivity index (χ3n) is 5.97. The smallest absolute Gasteiger partial charge is 0.310 e. The maximum Gasteiger partial charge on any atom is 0.310 e. The molecule has 0 bridgehead atoms. The van der Waals surface area contributed by atoms with Gasteiger partial charge in [0.1, 0.15) is 0 Å². The van der Waals surface area contributed by atoms with Gasteiger partial charge < -0.3 is 28.4 Å². The zero-order valence-corrected chi connectivity index (χ0v) is 19.1. The largest absolute Gasteiger partial charge is 0.493 e. The molecule has 32 heavy (non-hydrogen) atoms. The zero-order valence-electron chi connectivity index (χ0n) is 19.1.